The number of carbonyl (C=O) groups is 2. The van der Waals surface area contributed by atoms with Gasteiger partial charge < -0.3 is 15.4 Å². The molecule has 1 heterocycles. The van der Waals surface area contributed by atoms with E-state index in [0.717, 1.165) is 16.8 Å². The molecule has 0 saturated carbocycles. The number of amides is 3. The van der Waals surface area contributed by atoms with Gasteiger partial charge in [0.15, 0.2) is 11.7 Å². The van der Waals surface area contributed by atoms with Crippen LogP contribution < -0.4 is 25.7 Å². The van der Waals surface area contributed by atoms with Crippen molar-refractivity contribution in [2.24, 2.45) is 5.10 Å². The van der Waals surface area contributed by atoms with E-state index in [1.807, 2.05) is 61.5 Å². The molecular weight excluding hydrogens is 438 g/mol. The third-order valence-electron chi connectivity index (χ3n) is 4.71. The van der Waals surface area contributed by atoms with Gasteiger partial charge in [-0.05, 0) is 54.5 Å². The van der Waals surface area contributed by atoms with Crippen molar-refractivity contribution < 1.29 is 14.3 Å². The lowest BCUT2D eigenvalue weighted by atomic mass is 10.2. The summed E-state index contributed by atoms with van der Waals surface area (Å²) in [7, 11) is 0. The lowest BCUT2D eigenvalue weighted by Gasteiger charge is -2.30. The van der Waals surface area contributed by atoms with E-state index in [2.05, 4.69) is 21.2 Å². The fourth-order valence-corrected chi connectivity index (χ4v) is 3.54. The Kier molecular flexibility index (Phi) is 6.61. The van der Waals surface area contributed by atoms with Crippen LogP contribution in [0.1, 0.15) is 11.1 Å². The predicted octanol–water partition coefficient (Wildman–Crippen LogP) is 4.27. The highest BCUT2D eigenvalue weighted by Crippen LogP contribution is 2.35. The Labute approximate surface area is 196 Å². The molecule has 9 heteroatoms. The third kappa shape index (κ3) is 5.52. The molecule has 0 unspecified atom stereocenters. The molecule has 3 aromatic rings. The first-order chi connectivity index (χ1) is 16.0. The highest BCUT2D eigenvalue weighted by atomic mass is 32.1. The lowest BCUT2D eigenvalue weighted by Crippen LogP contribution is -2.45. The van der Waals surface area contributed by atoms with Crippen LogP contribution in [0.3, 0.4) is 0 Å². The molecule has 3 aromatic carbocycles. The van der Waals surface area contributed by atoms with Gasteiger partial charge in [-0.15, -0.1) is 0 Å². The Hall–Kier alpha value is -4.24. The van der Waals surface area contributed by atoms with Gasteiger partial charge in [0, 0.05) is 17.4 Å². The van der Waals surface area contributed by atoms with E-state index in [0.29, 0.717) is 17.1 Å². The van der Waals surface area contributed by atoms with Crippen LogP contribution in [0.2, 0.25) is 0 Å². The van der Waals surface area contributed by atoms with Crippen LogP contribution in [0.5, 0.6) is 5.75 Å². The van der Waals surface area contributed by atoms with Gasteiger partial charge in [0.1, 0.15) is 5.75 Å². The highest BCUT2D eigenvalue weighted by molar-refractivity contribution is 7.80. The van der Waals surface area contributed by atoms with Gasteiger partial charge in [0.05, 0.1) is 11.9 Å². The maximum Gasteiger partial charge on any atom is 0.339 e. The smallest absolute Gasteiger partial charge is 0.339 e. The molecule has 0 spiro atoms. The number of nitrogens with one attached hydrogen (secondary N) is 3. The number of hydrazone groups is 1. The second-order valence-corrected chi connectivity index (χ2v) is 7.62. The molecule has 1 aliphatic heterocycles. The number of ether oxygens (including phenoxy) is 1. The van der Waals surface area contributed by atoms with Crippen molar-refractivity contribution in [3.63, 3.8) is 0 Å². The van der Waals surface area contributed by atoms with Gasteiger partial charge in [0.25, 0.3) is 5.91 Å². The van der Waals surface area contributed by atoms with Crippen molar-refractivity contribution in [1.29, 1.82) is 0 Å². The molecule has 1 aliphatic rings. The maximum atomic E-state index is 12.5. The Balaban J connectivity index is 1.43. The zero-order valence-corrected chi connectivity index (χ0v) is 18.6. The van der Waals surface area contributed by atoms with Crippen molar-refractivity contribution in [3.05, 3.63) is 83.9 Å². The number of rotatable bonds is 4. The minimum absolute atomic E-state index is 0.167. The summed E-state index contributed by atoms with van der Waals surface area (Å²) in [4.78, 5) is 26.1. The van der Waals surface area contributed by atoms with E-state index in [9.17, 15) is 9.59 Å². The maximum absolute atomic E-state index is 12.5. The van der Waals surface area contributed by atoms with Crippen molar-refractivity contribution in [2.75, 3.05) is 22.1 Å². The van der Waals surface area contributed by atoms with Crippen LogP contribution in [0, 0.1) is 6.92 Å². The molecule has 0 fully saturated rings. The first kappa shape index (κ1) is 22.0. The summed E-state index contributed by atoms with van der Waals surface area (Å²) < 4.78 is 5.57. The summed E-state index contributed by atoms with van der Waals surface area (Å²) in [5.41, 5.74) is 6.09. The van der Waals surface area contributed by atoms with Crippen molar-refractivity contribution >= 4 is 52.5 Å². The Bertz CT molecular complexity index is 1230. The Morgan fingerprint density at radius 2 is 1.82 bits per heavy atom. The summed E-state index contributed by atoms with van der Waals surface area (Å²) in [5, 5.41) is 9.94. The van der Waals surface area contributed by atoms with Gasteiger partial charge in [-0.2, -0.15) is 5.10 Å². The molecule has 3 amide bonds. The minimum atomic E-state index is -0.512. The average Bonchev–Trinajstić information content (AvgIpc) is 2.80. The second-order valence-electron chi connectivity index (χ2n) is 7.23. The molecule has 33 heavy (non-hydrogen) atoms. The lowest BCUT2D eigenvalue weighted by molar-refractivity contribution is -0.120. The minimum Gasteiger partial charge on any atom is -0.481 e. The molecule has 0 atom stereocenters. The van der Waals surface area contributed by atoms with E-state index >= 15 is 0 Å². The van der Waals surface area contributed by atoms with E-state index in [1.54, 1.807) is 24.4 Å². The molecule has 0 radical (unpaired) electrons. The van der Waals surface area contributed by atoms with Crippen LogP contribution in [0.15, 0.2) is 77.9 Å². The summed E-state index contributed by atoms with van der Waals surface area (Å²) in [6.07, 6.45) is 1.54. The van der Waals surface area contributed by atoms with E-state index < -0.39 is 6.03 Å². The van der Waals surface area contributed by atoms with Crippen LogP contribution >= 0.6 is 12.2 Å². The molecular formula is C24H21N5O3S. The number of urea groups is 1. The van der Waals surface area contributed by atoms with Crippen LogP contribution in [0.4, 0.5) is 21.9 Å². The molecule has 0 aliphatic carbocycles. The van der Waals surface area contributed by atoms with Gasteiger partial charge in [0.2, 0.25) is 0 Å². The van der Waals surface area contributed by atoms with Crippen molar-refractivity contribution in [1.82, 2.24) is 5.43 Å². The standard InChI is InChI=1S/C24H21N5O3S/c1-16-6-5-9-18(12-16)27-24(33)29-20-11-10-19(13-21(20)32-15-22(29)30)26-23(31)28-25-14-17-7-3-2-4-8-17/h2-14H,15H2,1H3,(H,27,33)(H2,26,28,31)/b25-14+. The molecule has 0 aromatic heterocycles. The SMILES string of the molecule is Cc1cccc(NC(=S)N2C(=O)COc3cc(NC(=O)N/N=C/c4ccccc4)ccc32)c1. The first-order valence-electron chi connectivity index (χ1n) is 10.1. The average molecular weight is 460 g/mol. The molecule has 3 N–H and O–H groups in total. The monoisotopic (exact) mass is 459 g/mol. The number of aryl methyl sites for hydroxylation is 1. The topological polar surface area (TPSA) is 95.1 Å². The number of hydrogen-bond acceptors (Lipinski definition) is 5. The molecule has 166 valence electrons. The van der Waals surface area contributed by atoms with Crippen LogP contribution in [0.25, 0.3) is 0 Å². The zero-order valence-electron chi connectivity index (χ0n) is 17.7. The number of anilines is 3. The molecule has 8 nitrogen and oxygen atoms in total. The third-order valence-corrected chi connectivity index (χ3v) is 5.00. The Morgan fingerprint density at radius 1 is 1.03 bits per heavy atom. The van der Waals surface area contributed by atoms with E-state index in [1.165, 1.54) is 4.90 Å². The summed E-state index contributed by atoms with van der Waals surface area (Å²) in [6.45, 7) is 1.81. The van der Waals surface area contributed by atoms with Crippen molar-refractivity contribution in [2.45, 2.75) is 6.92 Å². The Morgan fingerprint density at radius 3 is 2.61 bits per heavy atom. The summed E-state index contributed by atoms with van der Waals surface area (Å²) >= 11 is 5.49. The van der Waals surface area contributed by atoms with Crippen LogP contribution in [-0.2, 0) is 4.79 Å². The molecule has 0 bridgehead atoms. The summed E-state index contributed by atoms with van der Waals surface area (Å²) in [5.74, 6) is 0.134. The molecule has 0 saturated heterocycles. The molecule has 4 rings (SSSR count). The van der Waals surface area contributed by atoms with Crippen molar-refractivity contribution in [3.8, 4) is 5.75 Å². The normalized spacial score (nSPS) is 12.6. The van der Waals surface area contributed by atoms with Gasteiger partial charge in [-0.25, -0.2) is 10.2 Å². The zero-order chi connectivity index (χ0) is 23.2. The van der Waals surface area contributed by atoms with E-state index in [-0.39, 0.29) is 17.6 Å². The first-order valence-corrected chi connectivity index (χ1v) is 10.5. The van der Waals surface area contributed by atoms with Gasteiger partial charge in [-0.3, -0.25) is 9.69 Å². The second kappa shape index (κ2) is 9.92. The summed E-state index contributed by atoms with van der Waals surface area (Å²) in [6, 6.07) is 21.5. The number of nitrogens with zero attached hydrogens (tertiary/aromatic N) is 2. The largest absolute Gasteiger partial charge is 0.481 e. The fourth-order valence-electron chi connectivity index (χ4n) is 3.22. The number of benzene rings is 3. The highest BCUT2D eigenvalue weighted by Gasteiger charge is 2.29. The number of hydrogen-bond donors (Lipinski definition) is 3. The number of thiocarbonyl (C=S) groups is 1. The van der Waals surface area contributed by atoms with E-state index in [4.69, 9.17) is 17.0 Å². The quantitative estimate of drug-likeness (QED) is 0.308. The number of carbonyl (C=O) groups excluding carboxylic acids is 2. The van der Waals surface area contributed by atoms with Gasteiger partial charge >= 0.3 is 6.03 Å². The fraction of sp³-hybridized carbons (Fsp3) is 0.0833. The van der Waals surface area contributed by atoms with Gasteiger partial charge in [-0.1, -0.05) is 42.5 Å². The predicted molar refractivity (Wildman–Crippen MR) is 133 cm³/mol. The van der Waals surface area contributed by atoms with Crippen LogP contribution in [-0.4, -0.2) is 29.9 Å². The number of fused-ring (bicyclic) bond motifs is 1.